The molecule has 7 heteroatoms. The maximum atomic E-state index is 11.8. The van der Waals surface area contributed by atoms with E-state index >= 15 is 0 Å². The summed E-state index contributed by atoms with van der Waals surface area (Å²) in [7, 11) is -1.79. The molecular weight excluding hydrogens is 242 g/mol. The number of rotatable bonds is 5. The molecule has 0 saturated heterocycles. The summed E-state index contributed by atoms with van der Waals surface area (Å²) in [4.78, 5) is 0.173. The molecule has 92 valence electrons. The van der Waals surface area contributed by atoms with E-state index < -0.39 is 10.0 Å². The van der Waals surface area contributed by atoms with Gasteiger partial charge >= 0.3 is 0 Å². The number of nitrogens with zero attached hydrogens (tertiary/aromatic N) is 2. The van der Waals surface area contributed by atoms with Gasteiger partial charge in [-0.3, -0.25) is 4.68 Å². The highest BCUT2D eigenvalue weighted by atomic mass is 32.2. The molecule has 0 amide bonds. The fourth-order valence-electron chi connectivity index (χ4n) is 1.39. The molecule has 0 aliphatic carbocycles. The summed E-state index contributed by atoms with van der Waals surface area (Å²) >= 11 is 0. The van der Waals surface area contributed by atoms with Crippen molar-refractivity contribution >= 4 is 10.0 Å². The molecule has 1 N–H and O–H groups in total. The zero-order valence-electron chi connectivity index (χ0n) is 9.33. The van der Waals surface area contributed by atoms with E-state index in [1.807, 2.05) is 0 Å². The van der Waals surface area contributed by atoms with Gasteiger partial charge in [-0.05, 0) is 18.1 Å². The van der Waals surface area contributed by atoms with Crippen molar-refractivity contribution in [3.63, 3.8) is 0 Å². The SMILES string of the molecule is Cn1cc(S(=O)(=O)NCCc2ccoc2)cn1. The number of sulfonamides is 1. The van der Waals surface area contributed by atoms with Gasteiger partial charge < -0.3 is 4.42 Å². The molecule has 0 saturated carbocycles. The Hall–Kier alpha value is -1.60. The third-order valence-electron chi connectivity index (χ3n) is 2.28. The minimum Gasteiger partial charge on any atom is -0.472 e. The van der Waals surface area contributed by atoms with Crippen LogP contribution in [0.3, 0.4) is 0 Å². The van der Waals surface area contributed by atoms with E-state index in [1.165, 1.54) is 17.1 Å². The Labute approximate surface area is 99.3 Å². The van der Waals surface area contributed by atoms with Crippen molar-refractivity contribution in [2.75, 3.05) is 6.54 Å². The van der Waals surface area contributed by atoms with Gasteiger partial charge in [0.15, 0.2) is 0 Å². The molecule has 0 spiro atoms. The van der Waals surface area contributed by atoms with Gasteiger partial charge in [0.2, 0.25) is 10.0 Å². The summed E-state index contributed by atoms with van der Waals surface area (Å²) in [6.45, 7) is 0.330. The summed E-state index contributed by atoms with van der Waals surface area (Å²) in [6.07, 6.45) is 6.53. The Morgan fingerprint density at radius 3 is 2.94 bits per heavy atom. The molecule has 6 nitrogen and oxygen atoms in total. The fourth-order valence-corrected chi connectivity index (χ4v) is 2.40. The summed E-state index contributed by atoms with van der Waals surface area (Å²) in [6, 6.07) is 1.80. The number of aryl methyl sites for hydroxylation is 1. The van der Waals surface area contributed by atoms with Crippen molar-refractivity contribution in [3.8, 4) is 0 Å². The zero-order valence-corrected chi connectivity index (χ0v) is 10.1. The maximum Gasteiger partial charge on any atom is 0.243 e. The van der Waals surface area contributed by atoms with Crippen molar-refractivity contribution in [1.29, 1.82) is 0 Å². The van der Waals surface area contributed by atoms with Crippen LogP contribution < -0.4 is 4.72 Å². The van der Waals surface area contributed by atoms with Gasteiger partial charge in [0.05, 0.1) is 18.7 Å². The predicted octanol–water partition coefficient (Wildman–Crippen LogP) is 0.534. The molecule has 2 aromatic rings. The van der Waals surface area contributed by atoms with Crippen LogP contribution in [0.2, 0.25) is 0 Å². The van der Waals surface area contributed by atoms with E-state index in [0.717, 1.165) is 5.56 Å². The minimum absolute atomic E-state index is 0.173. The van der Waals surface area contributed by atoms with E-state index in [4.69, 9.17) is 4.42 Å². The molecule has 0 bridgehead atoms. The van der Waals surface area contributed by atoms with Gasteiger partial charge in [-0.2, -0.15) is 5.10 Å². The van der Waals surface area contributed by atoms with Crippen LogP contribution in [-0.2, 0) is 23.5 Å². The number of aromatic nitrogens is 2. The first-order valence-corrected chi connectivity index (χ1v) is 6.55. The van der Waals surface area contributed by atoms with Gasteiger partial charge in [-0.25, -0.2) is 13.1 Å². The van der Waals surface area contributed by atoms with E-state index in [1.54, 1.807) is 25.6 Å². The lowest BCUT2D eigenvalue weighted by molar-refractivity contribution is 0.562. The summed E-state index contributed by atoms with van der Waals surface area (Å²) < 4.78 is 32.4. The van der Waals surface area contributed by atoms with Crippen molar-refractivity contribution in [3.05, 3.63) is 36.5 Å². The standard InChI is InChI=1S/C10H13N3O3S/c1-13-7-10(6-11-13)17(14,15)12-4-2-9-3-5-16-8-9/h3,5-8,12H,2,4H2,1H3. The Balaban J connectivity index is 1.94. The first-order valence-electron chi connectivity index (χ1n) is 5.07. The highest BCUT2D eigenvalue weighted by molar-refractivity contribution is 7.89. The average Bonchev–Trinajstić information content (AvgIpc) is 2.89. The molecule has 0 radical (unpaired) electrons. The molecule has 0 aromatic carbocycles. The summed E-state index contributed by atoms with van der Waals surface area (Å²) in [5.74, 6) is 0. The molecule has 0 unspecified atom stereocenters. The van der Waals surface area contributed by atoms with Gasteiger partial charge in [-0.1, -0.05) is 0 Å². The van der Waals surface area contributed by atoms with Crippen LogP contribution in [0.15, 0.2) is 40.3 Å². The first-order chi connectivity index (χ1) is 8.08. The fraction of sp³-hybridized carbons (Fsp3) is 0.300. The van der Waals surface area contributed by atoms with Crippen LogP contribution in [0.5, 0.6) is 0 Å². The quantitative estimate of drug-likeness (QED) is 0.845. The van der Waals surface area contributed by atoms with Gasteiger partial charge in [-0.15, -0.1) is 0 Å². The number of hydrogen-bond donors (Lipinski definition) is 1. The number of furan rings is 1. The smallest absolute Gasteiger partial charge is 0.243 e. The van der Waals surface area contributed by atoms with Crippen molar-refractivity contribution in [2.45, 2.75) is 11.3 Å². The molecule has 2 heterocycles. The van der Waals surface area contributed by atoms with Gasteiger partial charge in [0.1, 0.15) is 4.90 Å². The Kier molecular flexibility index (Phi) is 3.30. The third-order valence-corrected chi connectivity index (χ3v) is 3.69. The first kappa shape index (κ1) is 11.9. The predicted molar refractivity (Wildman–Crippen MR) is 60.8 cm³/mol. The number of nitrogens with one attached hydrogen (secondary N) is 1. The molecule has 0 fully saturated rings. The second-order valence-electron chi connectivity index (χ2n) is 3.63. The average molecular weight is 255 g/mol. The van der Waals surface area contributed by atoms with Crippen molar-refractivity contribution < 1.29 is 12.8 Å². The molecule has 0 aliphatic rings. The molecule has 0 atom stereocenters. The topological polar surface area (TPSA) is 77.1 Å². The molecule has 0 aliphatic heterocycles. The molecule has 2 rings (SSSR count). The highest BCUT2D eigenvalue weighted by Gasteiger charge is 2.15. The Morgan fingerprint density at radius 1 is 1.53 bits per heavy atom. The van der Waals surface area contributed by atoms with Crippen LogP contribution in [0.25, 0.3) is 0 Å². The maximum absolute atomic E-state index is 11.8. The third kappa shape index (κ3) is 2.95. The van der Waals surface area contributed by atoms with E-state index in [0.29, 0.717) is 13.0 Å². The summed E-state index contributed by atoms with van der Waals surface area (Å²) in [5, 5.41) is 3.82. The zero-order chi connectivity index (χ0) is 12.3. The second kappa shape index (κ2) is 4.72. The number of hydrogen-bond acceptors (Lipinski definition) is 4. The monoisotopic (exact) mass is 255 g/mol. The van der Waals surface area contributed by atoms with Gasteiger partial charge in [0, 0.05) is 19.8 Å². The second-order valence-corrected chi connectivity index (χ2v) is 5.40. The highest BCUT2D eigenvalue weighted by Crippen LogP contribution is 2.06. The van der Waals surface area contributed by atoms with Crippen molar-refractivity contribution in [2.24, 2.45) is 7.05 Å². The Bertz CT molecular complexity index is 572. The molecule has 17 heavy (non-hydrogen) atoms. The van der Waals surface area contributed by atoms with Crippen LogP contribution in [-0.4, -0.2) is 24.7 Å². The van der Waals surface area contributed by atoms with E-state index in [2.05, 4.69) is 9.82 Å². The van der Waals surface area contributed by atoms with Crippen LogP contribution in [0, 0.1) is 0 Å². The minimum atomic E-state index is -3.46. The lowest BCUT2D eigenvalue weighted by atomic mass is 10.2. The normalized spacial score (nSPS) is 11.8. The largest absolute Gasteiger partial charge is 0.472 e. The lowest BCUT2D eigenvalue weighted by Gasteiger charge is -2.02. The van der Waals surface area contributed by atoms with Crippen LogP contribution >= 0.6 is 0 Å². The van der Waals surface area contributed by atoms with Crippen LogP contribution in [0.4, 0.5) is 0 Å². The Morgan fingerprint density at radius 2 is 2.35 bits per heavy atom. The van der Waals surface area contributed by atoms with E-state index in [-0.39, 0.29) is 4.90 Å². The van der Waals surface area contributed by atoms with Crippen LogP contribution in [0.1, 0.15) is 5.56 Å². The summed E-state index contributed by atoms with van der Waals surface area (Å²) in [5.41, 5.74) is 0.957. The lowest BCUT2D eigenvalue weighted by Crippen LogP contribution is -2.25. The molecular formula is C10H13N3O3S. The van der Waals surface area contributed by atoms with Gasteiger partial charge in [0.25, 0.3) is 0 Å². The van der Waals surface area contributed by atoms with E-state index in [9.17, 15) is 8.42 Å². The molecule has 2 aromatic heterocycles. The van der Waals surface area contributed by atoms with Crippen molar-refractivity contribution in [1.82, 2.24) is 14.5 Å².